The van der Waals surface area contributed by atoms with Crippen molar-refractivity contribution in [2.24, 2.45) is 9.98 Å². The highest BCUT2D eigenvalue weighted by molar-refractivity contribution is 9.09. The Kier molecular flexibility index (Phi) is 3.53. The van der Waals surface area contributed by atoms with Crippen molar-refractivity contribution in [2.75, 3.05) is 0 Å². The molecule has 1 aromatic heterocycles. The van der Waals surface area contributed by atoms with Crippen molar-refractivity contribution in [1.29, 1.82) is 0 Å². The summed E-state index contributed by atoms with van der Waals surface area (Å²) in [6, 6.07) is 3.80. The molecule has 0 aromatic carbocycles. The number of halogens is 3. The molecule has 0 saturated carbocycles. The van der Waals surface area contributed by atoms with Gasteiger partial charge in [-0.25, -0.2) is 18.8 Å². The van der Waals surface area contributed by atoms with Gasteiger partial charge in [0.05, 0.1) is 17.1 Å². The zero-order chi connectivity index (χ0) is 18.6. The van der Waals surface area contributed by atoms with E-state index in [-0.39, 0.29) is 6.42 Å². The van der Waals surface area contributed by atoms with E-state index in [1.165, 1.54) is 6.08 Å². The van der Waals surface area contributed by atoms with E-state index in [4.69, 9.17) is 0 Å². The number of hydrogen-bond acceptors (Lipinski definition) is 3. The molecule has 5 rings (SSSR count). The van der Waals surface area contributed by atoms with Crippen LogP contribution in [0.2, 0.25) is 0 Å². The first-order valence-electron chi connectivity index (χ1n) is 8.58. The van der Waals surface area contributed by atoms with E-state index in [0.29, 0.717) is 17.1 Å². The topological polar surface area (TPSA) is 52.5 Å². The molecule has 0 amide bonds. The fraction of sp³-hybridized carbons (Fsp3) is 0.200. The van der Waals surface area contributed by atoms with Gasteiger partial charge in [0.15, 0.2) is 0 Å². The second kappa shape index (κ2) is 5.73. The zero-order valence-corrected chi connectivity index (χ0v) is 15.7. The molecule has 0 aliphatic carbocycles. The minimum absolute atomic E-state index is 0.0299. The maximum absolute atomic E-state index is 15.5. The maximum atomic E-state index is 15.5. The third-order valence-corrected chi connectivity index (χ3v) is 6.21. The number of aromatic amines is 1. The van der Waals surface area contributed by atoms with E-state index < -0.39 is 16.4 Å². The molecule has 5 heterocycles. The van der Waals surface area contributed by atoms with Crippen LogP contribution in [0.15, 0.2) is 70.0 Å². The lowest BCUT2D eigenvalue weighted by Crippen LogP contribution is -2.52. The Morgan fingerprint density at radius 1 is 1.04 bits per heavy atom. The van der Waals surface area contributed by atoms with Crippen LogP contribution in [0.3, 0.4) is 0 Å². The largest absolute Gasteiger partial charge is 0.355 e. The van der Waals surface area contributed by atoms with E-state index in [0.717, 1.165) is 16.4 Å². The Morgan fingerprint density at radius 2 is 1.81 bits per heavy atom. The molecule has 0 radical (unpaired) electrons. The number of hydrogen-bond donors (Lipinski definition) is 2. The maximum Gasteiger partial charge on any atom is 0.236 e. The van der Waals surface area contributed by atoms with Gasteiger partial charge in [-0.2, -0.15) is 0 Å². The van der Waals surface area contributed by atoms with E-state index in [2.05, 4.69) is 36.2 Å². The third kappa shape index (κ3) is 2.86. The molecule has 4 nitrogen and oxygen atoms in total. The van der Waals surface area contributed by atoms with Crippen molar-refractivity contribution >= 4 is 39.5 Å². The van der Waals surface area contributed by atoms with Crippen LogP contribution in [-0.4, -0.2) is 32.8 Å². The number of fused-ring (bicyclic) bond motifs is 6. The van der Waals surface area contributed by atoms with Crippen molar-refractivity contribution < 1.29 is 8.78 Å². The lowest BCUT2D eigenvalue weighted by atomic mass is 10.0. The lowest BCUT2D eigenvalue weighted by Gasteiger charge is -2.32. The molecule has 7 heteroatoms. The molecule has 2 N–H and O–H groups in total. The SMILES string of the molecule is FC12C=CC(=N1)C=c1ccc([nH]1)=CC1=NC(=CC3=CCC(F)(N3)C2Br)C=C1. The Hall–Kier alpha value is -2.54. The second-order valence-electron chi connectivity index (χ2n) is 6.91. The van der Waals surface area contributed by atoms with Gasteiger partial charge in [0.25, 0.3) is 0 Å². The molecular weight excluding hydrogens is 414 g/mol. The van der Waals surface area contributed by atoms with Crippen LogP contribution in [0.5, 0.6) is 0 Å². The van der Waals surface area contributed by atoms with Gasteiger partial charge in [-0.3, -0.25) is 0 Å². The van der Waals surface area contributed by atoms with Crippen molar-refractivity contribution in [1.82, 2.24) is 10.3 Å². The number of rotatable bonds is 0. The van der Waals surface area contributed by atoms with Crippen LogP contribution >= 0.6 is 15.9 Å². The molecule has 8 bridgehead atoms. The van der Waals surface area contributed by atoms with Gasteiger partial charge in [-0.15, -0.1) is 0 Å². The molecule has 3 atom stereocenters. The van der Waals surface area contributed by atoms with Crippen LogP contribution in [0.25, 0.3) is 12.2 Å². The minimum atomic E-state index is -2.18. The van der Waals surface area contributed by atoms with Gasteiger partial charge in [0, 0.05) is 22.8 Å². The average molecular weight is 429 g/mol. The van der Waals surface area contributed by atoms with E-state index in [9.17, 15) is 0 Å². The highest BCUT2D eigenvalue weighted by Crippen LogP contribution is 2.42. The summed E-state index contributed by atoms with van der Waals surface area (Å²) in [7, 11) is 0. The van der Waals surface area contributed by atoms with Gasteiger partial charge < -0.3 is 10.3 Å². The highest BCUT2D eigenvalue weighted by atomic mass is 79.9. The number of aliphatic imine (C=N–C) groups is 2. The second-order valence-corrected chi connectivity index (χ2v) is 7.82. The molecule has 4 aliphatic heterocycles. The Morgan fingerprint density at radius 3 is 2.63 bits per heavy atom. The fourth-order valence-corrected chi connectivity index (χ4v) is 4.07. The van der Waals surface area contributed by atoms with Crippen LogP contribution in [0.1, 0.15) is 6.42 Å². The predicted octanol–water partition coefficient (Wildman–Crippen LogP) is 2.47. The summed E-state index contributed by atoms with van der Waals surface area (Å²) in [4.78, 5) is 10.7. The van der Waals surface area contributed by atoms with E-state index in [1.807, 2.05) is 30.4 Å². The fourth-order valence-electron chi connectivity index (χ4n) is 3.51. The summed E-state index contributed by atoms with van der Waals surface area (Å²) < 4.78 is 30.9. The monoisotopic (exact) mass is 428 g/mol. The van der Waals surface area contributed by atoms with E-state index in [1.54, 1.807) is 24.3 Å². The summed E-state index contributed by atoms with van der Waals surface area (Å²) in [6.07, 6.45) is 13.8. The molecule has 0 fully saturated rings. The molecule has 1 aromatic rings. The van der Waals surface area contributed by atoms with Gasteiger partial charge in [-0.05, 0) is 54.7 Å². The third-order valence-electron chi connectivity index (χ3n) is 4.84. The van der Waals surface area contributed by atoms with Crippen molar-refractivity contribution in [3.8, 4) is 0 Å². The first-order valence-corrected chi connectivity index (χ1v) is 9.50. The van der Waals surface area contributed by atoms with Gasteiger partial charge >= 0.3 is 0 Å². The minimum Gasteiger partial charge on any atom is -0.355 e. The van der Waals surface area contributed by atoms with Crippen molar-refractivity contribution in [3.63, 3.8) is 0 Å². The molecular formula is C20H15BrF2N4. The number of nitrogens with one attached hydrogen (secondary N) is 2. The zero-order valence-electron chi connectivity index (χ0n) is 14.1. The van der Waals surface area contributed by atoms with Gasteiger partial charge in [0.1, 0.15) is 4.83 Å². The number of H-pyrrole nitrogens is 1. The molecule has 136 valence electrons. The molecule has 0 saturated heterocycles. The summed E-state index contributed by atoms with van der Waals surface area (Å²) >= 11 is 3.22. The van der Waals surface area contributed by atoms with Crippen LogP contribution < -0.4 is 16.0 Å². The summed E-state index contributed by atoms with van der Waals surface area (Å²) in [6.45, 7) is 0. The summed E-state index contributed by atoms with van der Waals surface area (Å²) in [5.41, 5.74) is 2.52. The number of allylic oxidation sites excluding steroid dienone is 4. The first kappa shape index (κ1) is 16.6. The number of alkyl halides is 3. The van der Waals surface area contributed by atoms with E-state index >= 15 is 8.78 Å². The normalized spacial score (nSPS) is 33.5. The quantitative estimate of drug-likeness (QED) is 0.484. The van der Waals surface area contributed by atoms with Crippen LogP contribution in [0.4, 0.5) is 8.78 Å². The number of nitrogens with zero attached hydrogens (tertiary/aromatic N) is 2. The molecule has 27 heavy (non-hydrogen) atoms. The predicted molar refractivity (Wildman–Crippen MR) is 106 cm³/mol. The molecule has 3 unspecified atom stereocenters. The first-order chi connectivity index (χ1) is 12.9. The highest BCUT2D eigenvalue weighted by Gasteiger charge is 2.53. The Labute approximate surface area is 162 Å². The standard InChI is InChI=1S/C20H15BrF2N4/c21-18-19(22)7-5-16(26-19)10-14-3-1-12(24-14)9-13-2-4-15(25-13)11-17-6-8-20(18,23)27-17/h1-7,9-11,18,24,27H,8H2. The van der Waals surface area contributed by atoms with Gasteiger partial charge in [0.2, 0.25) is 11.6 Å². The summed E-state index contributed by atoms with van der Waals surface area (Å²) in [5.74, 6) is -4.18. The smallest absolute Gasteiger partial charge is 0.236 e. The van der Waals surface area contributed by atoms with Gasteiger partial charge in [-0.1, -0.05) is 22.0 Å². The van der Waals surface area contributed by atoms with Crippen LogP contribution in [0, 0.1) is 0 Å². The summed E-state index contributed by atoms with van der Waals surface area (Å²) in [5, 5.41) is 4.45. The van der Waals surface area contributed by atoms with Crippen molar-refractivity contribution in [3.05, 3.63) is 70.7 Å². The lowest BCUT2D eigenvalue weighted by molar-refractivity contribution is 0.0798. The molecule has 0 spiro atoms. The van der Waals surface area contributed by atoms with Crippen molar-refractivity contribution in [2.45, 2.75) is 22.8 Å². The Balaban J connectivity index is 1.67. The average Bonchev–Trinajstić information content (AvgIpc) is 3.39. The Bertz CT molecular complexity index is 1140. The van der Waals surface area contributed by atoms with Crippen LogP contribution in [-0.2, 0) is 0 Å². The molecule has 4 aliphatic rings. The number of aromatic nitrogens is 1.